The normalized spacial score (nSPS) is 15.8. The Balaban J connectivity index is 1.69. The second kappa shape index (κ2) is 9.65. The molecule has 0 aromatic heterocycles. The summed E-state index contributed by atoms with van der Waals surface area (Å²) in [4.78, 5) is 13.8. The average molecular weight is 431 g/mol. The third kappa shape index (κ3) is 8.47. The predicted octanol–water partition coefficient (Wildman–Crippen LogP) is 4.00. The number of nitrogens with zero attached hydrogens (tertiary/aromatic N) is 1. The van der Waals surface area contributed by atoms with Gasteiger partial charge >= 0.3 is 6.09 Å². The van der Waals surface area contributed by atoms with Crippen LogP contribution in [-0.2, 0) is 14.8 Å². The van der Waals surface area contributed by atoms with Gasteiger partial charge in [0.2, 0.25) is 10.0 Å². The van der Waals surface area contributed by atoms with E-state index in [9.17, 15) is 17.6 Å². The summed E-state index contributed by atoms with van der Waals surface area (Å²) in [5.74, 6) is 0.207. The molecular weight excluding hydrogens is 399 g/mol. The maximum atomic E-state index is 13.9. The van der Waals surface area contributed by atoms with Crippen molar-refractivity contribution in [1.29, 1.82) is 0 Å². The zero-order valence-electron chi connectivity index (χ0n) is 17.5. The Morgan fingerprint density at radius 1 is 1.28 bits per heavy atom. The van der Waals surface area contributed by atoms with Gasteiger partial charge in [0.15, 0.2) is 5.82 Å². The second-order valence-electron chi connectivity index (χ2n) is 8.42. The van der Waals surface area contributed by atoms with Gasteiger partial charge in [-0.1, -0.05) is 0 Å². The highest BCUT2D eigenvalue weighted by molar-refractivity contribution is 7.92. The zero-order chi connectivity index (χ0) is 21.7. The molecule has 0 unspecified atom stereocenters. The minimum absolute atomic E-state index is 0.100. The number of benzene rings is 1. The Hall–Kier alpha value is -2.03. The fraction of sp³-hybridized carbons (Fsp3) is 0.650. The lowest BCUT2D eigenvalue weighted by atomic mass is 9.92. The molecular formula is C20H31FN2O5S. The number of hydrogen-bond acceptors (Lipinski definition) is 5. The molecule has 1 heterocycles. The van der Waals surface area contributed by atoms with E-state index in [1.54, 1.807) is 4.90 Å². The molecule has 9 heteroatoms. The van der Waals surface area contributed by atoms with Crippen LogP contribution >= 0.6 is 0 Å². The third-order valence-electron chi connectivity index (χ3n) is 4.53. The van der Waals surface area contributed by atoms with Crippen LogP contribution in [0.5, 0.6) is 5.75 Å². The molecule has 2 rings (SSSR count). The van der Waals surface area contributed by atoms with Gasteiger partial charge < -0.3 is 14.4 Å². The molecule has 1 aromatic carbocycles. The van der Waals surface area contributed by atoms with Crippen LogP contribution in [0, 0.1) is 11.7 Å². The molecule has 164 valence electrons. The van der Waals surface area contributed by atoms with E-state index < -0.39 is 21.4 Å². The number of ether oxygens (including phenoxy) is 2. The lowest BCUT2D eigenvalue weighted by Gasteiger charge is -2.33. The van der Waals surface area contributed by atoms with Crippen molar-refractivity contribution in [2.24, 2.45) is 5.92 Å². The third-order valence-corrected chi connectivity index (χ3v) is 5.12. The van der Waals surface area contributed by atoms with Crippen molar-refractivity contribution in [2.45, 2.75) is 52.1 Å². The van der Waals surface area contributed by atoms with Crippen LogP contribution < -0.4 is 9.46 Å². The zero-order valence-corrected chi connectivity index (χ0v) is 18.4. The van der Waals surface area contributed by atoms with Crippen molar-refractivity contribution in [3.8, 4) is 5.75 Å². The van der Waals surface area contributed by atoms with Gasteiger partial charge in [0, 0.05) is 19.2 Å². The van der Waals surface area contributed by atoms with Crippen molar-refractivity contribution in [3.05, 3.63) is 24.0 Å². The monoisotopic (exact) mass is 430 g/mol. The van der Waals surface area contributed by atoms with Crippen LogP contribution in [-0.4, -0.2) is 51.0 Å². The molecule has 29 heavy (non-hydrogen) atoms. The van der Waals surface area contributed by atoms with Gasteiger partial charge in [0.1, 0.15) is 11.4 Å². The molecule has 7 nitrogen and oxygen atoms in total. The summed E-state index contributed by atoms with van der Waals surface area (Å²) in [5.41, 5.74) is -0.583. The number of piperidine rings is 1. The topological polar surface area (TPSA) is 84.9 Å². The summed E-state index contributed by atoms with van der Waals surface area (Å²) in [6.07, 6.45) is 4.37. The van der Waals surface area contributed by atoms with Crippen molar-refractivity contribution in [3.63, 3.8) is 0 Å². The first kappa shape index (κ1) is 23.3. The largest absolute Gasteiger partial charge is 0.493 e. The quantitative estimate of drug-likeness (QED) is 0.661. The summed E-state index contributed by atoms with van der Waals surface area (Å²) >= 11 is 0. The number of anilines is 1. The first-order valence-corrected chi connectivity index (χ1v) is 11.7. The molecule has 0 saturated carbocycles. The Morgan fingerprint density at radius 3 is 2.48 bits per heavy atom. The highest BCUT2D eigenvalue weighted by Gasteiger charge is 2.26. The molecule has 0 atom stereocenters. The Bertz CT molecular complexity index is 800. The number of halogens is 1. The van der Waals surface area contributed by atoms with Crippen molar-refractivity contribution in [2.75, 3.05) is 30.7 Å². The minimum Gasteiger partial charge on any atom is -0.493 e. The molecule has 1 aromatic rings. The standard InChI is InChI=1S/C20H31FN2O5S/c1-20(2,3)28-19(24)23-11-9-15(10-12-23)6-5-13-27-16-7-8-18(17(21)14-16)22-29(4,25)26/h7-8,14-15,22H,5-6,9-13H2,1-4H3. The number of carbonyl (C=O) groups excluding carboxylic acids is 1. The van der Waals surface area contributed by atoms with Crippen LogP contribution in [0.1, 0.15) is 46.5 Å². The average Bonchev–Trinajstić information content (AvgIpc) is 2.59. The molecule has 0 bridgehead atoms. The molecule has 1 N–H and O–H groups in total. The maximum Gasteiger partial charge on any atom is 0.410 e. The number of hydrogen-bond donors (Lipinski definition) is 1. The smallest absolute Gasteiger partial charge is 0.410 e. The van der Waals surface area contributed by atoms with E-state index in [4.69, 9.17) is 9.47 Å². The number of sulfonamides is 1. The fourth-order valence-electron chi connectivity index (χ4n) is 3.16. The summed E-state index contributed by atoms with van der Waals surface area (Å²) < 4.78 is 49.4. The van der Waals surface area contributed by atoms with Crippen molar-refractivity contribution >= 4 is 21.8 Å². The number of nitrogens with one attached hydrogen (secondary N) is 1. The SMILES string of the molecule is CC(C)(C)OC(=O)N1CCC(CCCOc2ccc(NS(C)(=O)=O)c(F)c2)CC1. The molecule has 1 saturated heterocycles. The fourth-order valence-corrected chi connectivity index (χ4v) is 3.73. The molecule has 1 fully saturated rings. The van der Waals surface area contributed by atoms with E-state index in [2.05, 4.69) is 4.72 Å². The summed E-state index contributed by atoms with van der Waals surface area (Å²) in [6, 6.07) is 4.06. The van der Waals surface area contributed by atoms with E-state index in [1.165, 1.54) is 18.2 Å². The summed E-state index contributed by atoms with van der Waals surface area (Å²) in [7, 11) is -3.53. The molecule has 0 radical (unpaired) electrons. The van der Waals surface area contributed by atoms with E-state index in [1.807, 2.05) is 20.8 Å². The van der Waals surface area contributed by atoms with Gasteiger partial charge in [-0.25, -0.2) is 17.6 Å². The maximum absolute atomic E-state index is 13.9. The van der Waals surface area contributed by atoms with Gasteiger partial charge in [-0.2, -0.15) is 0 Å². The first-order valence-electron chi connectivity index (χ1n) is 9.81. The predicted molar refractivity (Wildman–Crippen MR) is 110 cm³/mol. The molecule has 0 aliphatic carbocycles. The Morgan fingerprint density at radius 2 is 1.93 bits per heavy atom. The summed E-state index contributed by atoms with van der Waals surface area (Å²) in [6.45, 7) is 7.42. The van der Waals surface area contributed by atoms with Crippen molar-refractivity contribution in [1.82, 2.24) is 4.90 Å². The number of likely N-dealkylation sites (tertiary alicyclic amines) is 1. The van der Waals surface area contributed by atoms with Crippen LogP contribution in [0.4, 0.5) is 14.9 Å². The molecule has 1 amide bonds. The lowest BCUT2D eigenvalue weighted by Crippen LogP contribution is -2.41. The van der Waals surface area contributed by atoms with E-state index in [0.29, 0.717) is 31.4 Å². The van der Waals surface area contributed by atoms with Crippen LogP contribution in [0.3, 0.4) is 0 Å². The highest BCUT2D eigenvalue weighted by atomic mass is 32.2. The van der Waals surface area contributed by atoms with Crippen LogP contribution in [0.15, 0.2) is 18.2 Å². The van der Waals surface area contributed by atoms with E-state index in [-0.39, 0.29) is 11.8 Å². The van der Waals surface area contributed by atoms with Gasteiger partial charge in [0.25, 0.3) is 0 Å². The summed E-state index contributed by atoms with van der Waals surface area (Å²) in [5, 5.41) is 0. The van der Waals surface area contributed by atoms with Crippen LogP contribution in [0.2, 0.25) is 0 Å². The molecule has 0 spiro atoms. The van der Waals surface area contributed by atoms with Gasteiger partial charge in [-0.05, 0) is 64.5 Å². The van der Waals surface area contributed by atoms with Gasteiger partial charge in [0.05, 0.1) is 18.6 Å². The highest BCUT2D eigenvalue weighted by Crippen LogP contribution is 2.25. The second-order valence-corrected chi connectivity index (χ2v) is 10.2. The van der Waals surface area contributed by atoms with E-state index >= 15 is 0 Å². The van der Waals surface area contributed by atoms with Gasteiger partial charge in [-0.3, -0.25) is 4.72 Å². The minimum atomic E-state index is -3.53. The van der Waals surface area contributed by atoms with Gasteiger partial charge in [-0.15, -0.1) is 0 Å². The van der Waals surface area contributed by atoms with Crippen molar-refractivity contribution < 1.29 is 27.1 Å². The number of carbonyl (C=O) groups is 1. The number of amides is 1. The first-order chi connectivity index (χ1) is 13.4. The van der Waals surface area contributed by atoms with Crippen LogP contribution in [0.25, 0.3) is 0 Å². The molecule has 1 aliphatic heterocycles. The lowest BCUT2D eigenvalue weighted by molar-refractivity contribution is 0.0179. The molecule has 1 aliphatic rings. The Labute approximate surface area is 172 Å². The number of rotatable bonds is 7. The van der Waals surface area contributed by atoms with E-state index in [0.717, 1.165) is 31.9 Å². The Kier molecular flexibility index (Phi) is 7.73.